The molecule has 1 aliphatic rings. The summed E-state index contributed by atoms with van der Waals surface area (Å²) < 4.78 is 5.80. The van der Waals surface area contributed by atoms with E-state index in [1.165, 1.54) is 0 Å². The fourth-order valence-corrected chi connectivity index (χ4v) is 2.58. The van der Waals surface area contributed by atoms with Crippen LogP contribution in [0.2, 0.25) is 0 Å². The lowest BCUT2D eigenvalue weighted by Gasteiger charge is -2.39. The monoisotopic (exact) mass is 323 g/mol. The molecule has 0 radical (unpaired) electrons. The highest BCUT2D eigenvalue weighted by Crippen LogP contribution is 2.38. The van der Waals surface area contributed by atoms with Crippen LogP contribution in [0.1, 0.15) is 44.5 Å². The number of hydrogen-bond acceptors (Lipinski definition) is 3. The highest BCUT2D eigenvalue weighted by molar-refractivity contribution is 6.30. The Morgan fingerprint density at radius 1 is 1.36 bits per heavy atom. The molecule has 0 N–H and O–H groups in total. The third kappa shape index (κ3) is 3.27. The first-order valence-electron chi connectivity index (χ1n) is 7.50. The van der Waals surface area contributed by atoms with E-state index in [1.54, 1.807) is 36.9 Å². The van der Waals surface area contributed by atoms with Crippen LogP contribution in [0.3, 0.4) is 0 Å². The number of nitrogens with zero attached hydrogens (tertiary/aromatic N) is 1. The van der Waals surface area contributed by atoms with Crippen molar-refractivity contribution < 1.29 is 14.3 Å². The molecule has 0 aromatic heterocycles. The molecule has 4 nitrogen and oxygen atoms in total. The summed E-state index contributed by atoms with van der Waals surface area (Å²) in [5.74, 6) is 0.779. The molecule has 0 unspecified atom stereocenters. The smallest absolute Gasteiger partial charge is 0.270 e. The molecular formula is C17H22ClNO3. The second-order valence-corrected chi connectivity index (χ2v) is 6.76. The van der Waals surface area contributed by atoms with Crippen LogP contribution >= 0.6 is 11.6 Å². The maximum absolute atomic E-state index is 12.7. The number of ether oxygens (including phenoxy) is 1. The van der Waals surface area contributed by atoms with Crippen LogP contribution in [0.15, 0.2) is 18.2 Å². The molecule has 2 rings (SSSR count). The van der Waals surface area contributed by atoms with Crippen molar-refractivity contribution in [2.45, 2.75) is 39.7 Å². The van der Waals surface area contributed by atoms with Crippen molar-refractivity contribution in [2.75, 3.05) is 17.3 Å². The number of carbonyl (C=O) groups is 2. The van der Waals surface area contributed by atoms with Gasteiger partial charge in [0, 0.05) is 12.1 Å². The number of rotatable bonds is 5. The highest BCUT2D eigenvalue weighted by atomic mass is 35.5. The maximum Gasteiger partial charge on any atom is 0.270 e. The molecule has 1 aromatic carbocycles. The van der Waals surface area contributed by atoms with Crippen LogP contribution in [0.5, 0.6) is 5.75 Å². The largest absolute Gasteiger partial charge is 0.476 e. The van der Waals surface area contributed by atoms with Gasteiger partial charge in [-0.05, 0) is 44.4 Å². The van der Waals surface area contributed by atoms with Gasteiger partial charge in [-0.3, -0.25) is 9.59 Å². The summed E-state index contributed by atoms with van der Waals surface area (Å²) in [6.07, 6.45) is 0.884. The Balaban J connectivity index is 2.44. The first-order chi connectivity index (χ1) is 10.3. The SMILES string of the molecule is CC(C)CCN1C(=O)C(C)(C)Oc2ccc(C(=O)CCl)cc21. The molecule has 0 spiro atoms. The zero-order chi connectivity index (χ0) is 16.5. The Labute approximate surface area is 136 Å². The van der Waals surface area contributed by atoms with E-state index < -0.39 is 5.60 Å². The minimum Gasteiger partial charge on any atom is -0.476 e. The number of Topliss-reactive ketones (excluding diaryl/α,β-unsaturated/α-hetero) is 1. The summed E-state index contributed by atoms with van der Waals surface area (Å²) in [5, 5.41) is 0. The van der Waals surface area contributed by atoms with Gasteiger partial charge in [0.25, 0.3) is 5.91 Å². The normalized spacial score (nSPS) is 16.5. The Morgan fingerprint density at radius 3 is 2.64 bits per heavy atom. The molecular weight excluding hydrogens is 302 g/mol. The van der Waals surface area contributed by atoms with Gasteiger partial charge < -0.3 is 9.64 Å². The topological polar surface area (TPSA) is 46.6 Å². The number of alkyl halides is 1. The van der Waals surface area contributed by atoms with Gasteiger partial charge in [0.1, 0.15) is 5.75 Å². The van der Waals surface area contributed by atoms with Crippen LogP contribution in [-0.4, -0.2) is 29.7 Å². The van der Waals surface area contributed by atoms with Crippen LogP contribution < -0.4 is 9.64 Å². The van der Waals surface area contributed by atoms with Gasteiger partial charge in [0.05, 0.1) is 11.6 Å². The average Bonchev–Trinajstić information content (AvgIpc) is 2.46. The number of halogens is 1. The van der Waals surface area contributed by atoms with Gasteiger partial charge in [-0.15, -0.1) is 11.6 Å². The van der Waals surface area contributed by atoms with Crippen LogP contribution in [0.4, 0.5) is 5.69 Å². The molecule has 1 heterocycles. The van der Waals surface area contributed by atoms with Crippen molar-refractivity contribution in [3.8, 4) is 5.75 Å². The lowest BCUT2D eigenvalue weighted by atomic mass is 10.0. The molecule has 1 aromatic rings. The maximum atomic E-state index is 12.7. The number of ketones is 1. The fourth-order valence-electron chi connectivity index (χ4n) is 2.43. The number of carbonyl (C=O) groups excluding carboxylic acids is 2. The van der Waals surface area contributed by atoms with E-state index in [9.17, 15) is 9.59 Å². The second-order valence-electron chi connectivity index (χ2n) is 6.49. The van der Waals surface area contributed by atoms with Crippen molar-refractivity contribution in [2.24, 2.45) is 5.92 Å². The van der Waals surface area contributed by atoms with Crippen LogP contribution in [0.25, 0.3) is 0 Å². The standard InChI is InChI=1S/C17H22ClNO3/c1-11(2)7-8-19-13-9-12(14(20)10-18)5-6-15(13)22-17(3,4)16(19)21/h5-6,9,11H,7-8,10H2,1-4H3. The van der Waals surface area contributed by atoms with Gasteiger partial charge in [-0.1, -0.05) is 13.8 Å². The minimum absolute atomic E-state index is 0.0783. The van der Waals surface area contributed by atoms with E-state index in [0.717, 1.165) is 6.42 Å². The quantitative estimate of drug-likeness (QED) is 0.613. The molecule has 1 amide bonds. The fraction of sp³-hybridized carbons (Fsp3) is 0.529. The predicted molar refractivity (Wildman–Crippen MR) is 88.0 cm³/mol. The zero-order valence-corrected chi connectivity index (χ0v) is 14.2. The molecule has 22 heavy (non-hydrogen) atoms. The first kappa shape index (κ1) is 16.8. The number of hydrogen-bond donors (Lipinski definition) is 0. The van der Waals surface area contributed by atoms with Crippen molar-refractivity contribution in [1.82, 2.24) is 0 Å². The van der Waals surface area contributed by atoms with E-state index in [0.29, 0.717) is 29.5 Å². The molecule has 0 atom stereocenters. The van der Waals surface area contributed by atoms with Crippen molar-refractivity contribution in [1.29, 1.82) is 0 Å². The molecule has 0 saturated carbocycles. The summed E-state index contributed by atoms with van der Waals surface area (Å²) in [4.78, 5) is 26.2. The van der Waals surface area contributed by atoms with E-state index in [-0.39, 0.29) is 17.6 Å². The summed E-state index contributed by atoms with van der Waals surface area (Å²) >= 11 is 5.62. The van der Waals surface area contributed by atoms with E-state index >= 15 is 0 Å². The average molecular weight is 324 g/mol. The summed E-state index contributed by atoms with van der Waals surface area (Å²) in [6, 6.07) is 5.13. The van der Waals surface area contributed by atoms with Crippen molar-refractivity contribution in [3.63, 3.8) is 0 Å². The predicted octanol–water partition coefficient (Wildman–Crippen LogP) is 3.66. The van der Waals surface area contributed by atoms with Gasteiger partial charge in [-0.25, -0.2) is 0 Å². The van der Waals surface area contributed by atoms with E-state index in [2.05, 4.69) is 13.8 Å². The molecule has 1 aliphatic heterocycles. The minimum atomic E-state index is -0.901. The lowest BCUT2D eigenvalue weighted by molar-refractivity contribution is -0.132. The van der Waals surface area contributed by atoms with Crippen LogP contribution in [-0.2, 0) is 4.79 Å². The van der Waals surface area contributed by atoms with Gasteiger partial charge in [0.2, 0.25) is 0 Å². The summed E-state index contributed by atoms with van der Waals surface area (Å²) in [5.41, 5.74) is 0.252. The highest BCUT2D eigenvalue weighted by Gasteiger charge is 2.40. The summed E-state index contributed by atoms with van der Waals surface area (Å²) in [7, 11) is 0. The molecule has 120 valence electrons. The van der Waals surface area contributed by atoms with Crippen molar-refractivity contribution in [3.05, 3.63) is 23.8 Å². The van der Waals surface area contributed by atoms with E-state index in [4.69, 9.17) is 16.3 Å². The molecule has 5 heteroatoms. The first-order valence-corrected chi connectivity index (χ1v) is 8.04. The van der Waals surface area contributed by atoms with Gasteiger partial charge >= 0.3 is 0 Å². The van der Waals surface area contributed by atoms with Crippen LogP contribution in [0, 0.1) is 5.92 Å². The number of fused-ring (bicyclic) bond motifs is 1. The second kappa shape index (κ2) is 6.29. The molecule has 0 saturated heterocycles. The Hall–Kier alpha value is -1.55. The summed E-state index contributed by atoms with van der Waals surface area (Å²) in [6.45, 7) is 8.36. The molecule has 0 aliphatic carbocycles. The Morgan fingerprint density at radius 2 is 2.05 bits per heavy atom. The number of anilines is 1. The number of benzene rings is 1. The number of amides is 1. The Kier molecular flexibility index (Phi) is 4.81. The van der Waals surface area contributed by atoms with Gasteiger partial charge in [-0.2, -0.15) is 0 Å². The van der Waals surface area contributed by atoms with E-state index in [1.807, 2.05) is 0 Å². The Bertz CT molecular complexity index is 596. The third-order valence-corrected chi connectivity index (χ3v) is 3.99. The zero-order valence-electron chi connectivity index (χ0n) is 13.5. The molecule has 0 fully saturated rings. The van der Waals surface area contributed by atoms with Crippen molar-refractivity contribution >= 4 is 29.0 Å². The third-order valence-electron chi connectivity index (χ3n) is 3.75. The molecule has 0 bridgehead atoms. The lowest BCUT2D eigenvalue weighted by Crippen LogP contribution is -2.53. The van der Waals surface area contributed by atoms with Gasteiger partial charge in [0.15, 0.2) is 11.4 Å².